The van der Waals surface area contributed by atoms with Gasteiger partial charge in [0.1, 0.15) is 5.82 Å². The Labute approximate surface area is 123 Å². The fraction of sp³-hybridized carbons (Fsp3) is 0.273. The van der Waals surface area contributed by atoms with Crippen molar-refractivity contribution in [3.8, 4) is 0 Å². The molecule has 0 fully saturated rings. The molecule has 0 bridgehead atoms. The lowest BCUT2D eigenvalue weighted by Crippen LogP contribution is -2.39. The second-order valence-electron chi connectivity index (χ2n) is 3.96. The summed E-state index contributed by atoms with van der Waals surface area (Å²) in [6, 6.07) is 0.647. The first-order chi connectivity index (χ1) is 9.11. The Kier molecular flexibility index (Phi) is 6.58. The van der Waals surface area contributed by atoms with E-state index < -0.39 is 41.8 Å². The molecule has 5 nitrogen and oxygen atoms in total. The first-order valence-electron chi connectivity index (χ1n) is 5.32. The smallest absolute Gasteiger partial charge is 0.370 e. The van der Waals surface area contributed by atoms with Gasteiger partial charge in [-0.3, -0.25) is 9.59 Å². The molecule has 0 aliphatic heterocycles. The Balaban J connectivity index is 0.00000400. The van der Waals surface area contributed by atoms with Crippen LogP contribution in [0, 0.1) is 5.82 Å². The van der Waals surface area contributed by atoms with Crippen molar-refractivity contribution in [1.82, 2.24) is 0 Å². The zero-order valence-electron chi connectivity index (χ0n) is 10.4. The van der Waals surface area contributed by atoms with Crippen LogP contribution in [-0.4, -0.2) is 17.9 Å². The Bertz CT molecular complexity index is 537. The second-order valence-corrected chi connectivity index (χ2v) is 3.96. The van der Waals surface area contributed by atoms with Crippen LogP contribution in [0.4, 0.5) is 23.2 Å². The molecule has 2 amide bonds. The molecule has 1 rings (SSSR count). The lowest BCUT2D eigenvalue weighted by Gasteiger charge is -2.13. The summed E-state index contributed by atoms with van der Waals surface area (Å²) in [5.74, 6) is -3.19. The minimum atomic E-state index is -4.89. The molecule has 1 atom stereocenters. The predicted octanol–water partition coefficient (Wildman–Crippen LogP) is 1.41. The van der Waals surface area contributed by atoms with E-state index in [1.54, 1.807) is 0 Å². The zero-order chi connectivity index (χ0) is 15.5. The minimum absolute atomic E-state index is 0. The molecule has 0 heterocycles. The molecule has 1 aromatic carbocycles. The van der Waals surface area contributed by atoms with Crippen molar-refractivity contribution in [3.63, 3.8) is 0 Å². The van der Waals surface area contributed by atoms with E-state index in [4.69, 9.17) is 11.5 Å². The van der Waals surface area contributed by atoms with Crippen LogP contribution >= 0.6 is 12.4 Å². The third kappa shape index (κ3) is 5.56. The van der Waals surface area contributed by atoms with Crippen LogP contribution < -0.4 is 16.8 Å². The number of alkyl halides is 3. The number of rotatable bonds is 4. The van der Waals surface area contributed by atoms with Gasteiger partial charge in [0.05, 0.1) is 18.0 Å². The molecule has 0 saturated carbocycles. The van der Waals surface area contributed by atoms with Crippen molar-refractivity contribution < 1.29 is 27.2 Å². The highest BCUT2D eigenvalue weighted by molar-refractivity contribution is 5.97. The van der Waals surface area contributed by atoms with E-state index >= 15 is 0 Å². The lowest BCUT2D eigenvalue weighted by molar-refractivity contribution is -0.140. The third-order valence-corrected chi connectivity index (χ3v) is 2.30. The molecule has 1 aromatic rings. The fourth-order valence-electron chi connectivity index (χ4n) is 1.36. The minimum Gasteiger partial charge on any atom is -0.370 e. The van der Waals surface area contributed by atoms with Crippen LogP contribution in [0.25, 0.3) is 0 Å². The molecule has 10 heteroatoms. The van der Waals surface area contributed by atoms with Crippen molar-refractivity contribution in [2.75, 3.05) is 5.32 Å². The summed E-state index contributed by atoms with van der Waals surface area (Å²) < 4.78 is 50.4. The van der Waals surface area contributed by atoms with Gasteiger partial charge in [-0.2, -0.15) is 13.2 Å². The lowest BCUT2D eigenvalue weighted by atomic mass is 10.1. The van der Waals surface area contributed by atoms with Crippen LogP contribution in [0.15, 0.2) is 18.2 Å². The van der Waals surface area contributed by atoms with E-state index in [1.165, 1.54) is 0 Å². The predicted molar refractivity (Wildman–Crippen MR) is 69.1 cm³/mol. The van der Waals surface area contributed by atoms with Crippen molar-refractivity contribution >= 4 is 29.9 Å². The van der Waals surface area contributed by atoms with Crippen LogP contribution in [-0.2, 0) is 15.8 Å². The monoisotopic (exact) mass is 329 g/mol. The van der Waals surface area contributed by atoms with Crippen molar-refractivity contribution in [1.29, 1.82) is 0 Å². The molecule has 21 heavy (non-hydrogen) atoms. The van der Waals surface area contributed by atoms with E-state index in [1.807, 2.05) is 5.32 Å². The molecular formula is C11H12ClF4N3O2. The van der Waals surface area contributed by atoms with Crippen LogP contribution in [0.2, 0.25) is 0 Å². The summed E-state index contributed by atoms with van der Waals surface area (Å²) in [7, 11) is 0. The van der Waals surface area contributed by atoms with E-state index in [9.17, 15) is 27.2 Å². The molecule has 0 aliphatic rings. The highest BCUT2D eigenvalue weighted by Crippen LogP contribution is 2.32. The average Bonchev–Trinajstić information content (AvgIpc) is 2.29. The largest absolute Gasteiger partial charge is 0.419 e. The van der Waals surface area contributed by atoms with Gasteiger partial charge in [-0.05, 0) is 18.2 Å². The Morgan fingerprint density at radius 2 is 1.86 bits per heavy atom. The SMILES string of the molecule is Cl.NC(=O)CC(N)C(=O)Nc1ccc(F)c(C(F)(F)F)c1. The molecule has 1 unspecified atom stereocenters. The molecule has 5 N–H and O–H groups in total. The molecule has 0 aromatic heterocycles. The first-order valence-corrected chi connectivity index (χ1v) is 5.32. The number of hydrogen-bond donors (Lipinski definition) is 3. The number of halogens is 5. The van der Waals surface area contributed by atoms with E-state index in [-0.39, 0.29) is 18.1 Å². The maximum absolute atomic E-state index is 13.0. The number of carbonyl (C=O) groups excluding carboxylic acids is 2. The van der Waals surface area contributed by atoms with Crippen molar-refractivity contribution in [3.05, 3.63) is 29.6 Å². The molecule has 0 aliphatic carbocycles. The van der Waals surface area contributed by atoms with Gasteiger partial charge in [0.15, 0.2) is 0 Å². The van der Waals surface area contributed by atoms with Gasteiger partial charge in [-0.1, -0.05) is 0 Å². The highest BCUT2D eigenvalue weighted by Gasteiger charge is 2.34. The molecule has 0 spiro atoms. The Morgan fingerprint density at radius 3 is 2.33 bits per heavy atom. The van der Waals surface area contributed by atoms with Gasteiger partial charge in [0, 0.05) is 5.69 Å². The summed E-state index contributed by atoms with van der Waals surface area (Å²) in [5.41, 5.74) is 8.34. The van der Waals surface area contributed by atoms with Gasteiger partial charge in [0.25, 0.3) is 0 Å². The van der Waals surface area contributed by atoms with E-state index in [2.05, 4.69) is 0 Å². The fourth-order valence-corrected chi connectivity index (χ4v) is 1.36. The van der Waals surface area contributed by atoms with Gasteiger partial charge >= 0.3 is 6.18 Å². The van der Waals surface area contributed by atoms with Gasteiger partial charge in [-0.15, -0.1) is 12.4 Å². The van der Waals surface area contributed by atoms with Crippen molar-refractivity contribution in [2.24, 2.45) is 11.5 Å². The molecule has 0 radical (unpaired) electrons. The second kappa shape index (κ2) is 7.23. The Morgan fingerprint density at radius 1 is 1.29 bits per heavy atom. The Hall–Kier alpha value is -1.87. The van der Waals surface area contributed by atoms with E-state index in [0.717, 1.165) is 6.07 Å². The number of carbonyl (C=O) groups is 2. The standard InChI is InChI=1S/C11H11F4N3O2.ClH/c12-7-2-1-5(3-6(7)11(13,14)15)18-10(20)8(16)4-9(17)19;/h1-3,8H,4,16H2,(H2,17,19)(H,18,20);1H. The van der Waals surface area contributed by atoms with Crippen LogP contribution in [0.3, 0.4) is 0 Å². The summed E-state index contributed by atoms with van der Waals surface area (Å²) in [4.78, 5) is 22.0. The number of nitrogens with two attached hydrogens (primary N) is 2. The quantitative estimate of drug-likeness (QED) is 0.728. The summed E-state index contributed by atoms with van der Waals surface area (Å²) >= 11 is 0. The number of primary amides is 1. The number of nitrogens with one attached hydrogen (secondary N) is 1. The number of anilines is 1. The molecule has 0 saturated heterocycles. The van der Waals surface area contributed by atoms with Gasteiger partial charge in [-0.25, -0.2) is 4.39 Å². The topological polar surface area (TPSA) is 98.2 Å². The number of benzene rings is 1. The zero-order valence-corrected chi connectivity index (χ0v) is 11.2. The van der Waals surface area contributed by atoms with Crippen LogP contribution in [0.5, 0.6) is 0 Å². The van der Waals surface area contributed by atoms with Crippen molar-refractivity contribution in [2.45, 2.75) is 18.6 Å². The molecule has 118 valence electrons. The summed E-state index contributed by atoms with van der Waals surface area (Å²) in [6.45, 7) is 0. The normalized spacial score (nSPS) is 12.2. The highest BCUT2D eigenvalue weighted by atomic mass is 35.5. The van der Waals surface area contributed by atoms with Crippen LogP contribution in [0.1, 0.15) is 12.0 Å². The molecular weight excluding hydrogens is 318 g/mol. The maximum Gasteiger partial charge on any atom is 0.419 e. The maximum atomic E-state index is 13.0. The number of hydrogen-bond acceptors (Lipinski definition) is 3. The third-order valence-electron chi connectivity index (χ3n) is 2.30. The summed E-state index contributed by atoms with van der Waals surface area (Å²) in [5, 5.41) is 2.05. The number of amides is 2. The first kappa shape index (κ1) is 19.1. The average molecular weight is 330 g/mol. The van der Waals surface area contributed by atoms with Gasteiger partial charge < -0.3 is 16.8 Å². The van der Waals surface area contributed by atoms with E-state index in [0.29, 0.717) is 12.1 Å². The van der Waals surface area contributed by atoms with Gasteiger partial charge in [0.2, 0.25) is 11.8 Å². The summed E-state index contributed by atoms with van der Waals surface area (Å²) in [6.07, 6.45) is -5.35.